The number of nitrogens with zero attached hydrogens (tertiary/aromatic N) is 4. The molecule has 1 aromatic heterocycles. The van der Waals surface area contributed by atoms with Gasteiger partial charge in [0, 0.05) is 51.1 Å². The lowest BCUT2D eigenvalue weighted by atomic mass is 9.95. The molecule has 1 unspecified atom stereocenters. The van der Waals surface area contributed by atoms with Gasteiger partial charge in [0.05, 0.1) is 12.2 Å². The molecule has 136 valence electrons. The van der Waals surface area contributed by atoms with Gasteiger partial charge < -0.3 is 9.80 Å². The number of amides is 1. The van der Waals surface area contributed by atoms with Crippen molar-refractivity contribution in [3.8, 4) is 0 Å². The number of aromatic nitrogens is 2. The van der Waals surface area contributed by atoms with Gasteiger partial charge >= 0.3 is 0 Å². The van der Waals surface area contributed by atoms with Gasteiger partial charge in [-0.2, -0.15) is 5.10 Å². The summed E-state index contributed by atoms with van der Waals surface area (Å²) in [5.41, 5.74) is 2.34. The van der Waals surface area contributed by atoms with Gasteiger partial charge in [-0.15, -0.1) is 0 Å². The highest BCUT2D eigenvalue weighted by Gasteiger charge is 2.33. The molecular formula is C19H28N4O2. The number of aryl methyl sites for hydroxylation is 2. The van der Waals surface area contributed by atoms with Crippen LogP contribution in [0.1, 0.15) is 43.4 Å². The van der Waals surface area contributed by atoms with Gasteiger partial charge in [0.1, 0.15) is 0 Å². The van der Waals surface area contributed by atoms with E-state index in [1.54, 1.807) is 10.7 Å². The first kappa shape index (κ1) is 16.8. The number of hydrogen-bond acceptors (Lipinski definition) is 4. The number of fused-ring (bicyclic) bond motifs is 1. The topological polar surface area (TPSA) is 58.4 Å². The highest BCUT2D eigenvalue weighted by molar-refractivity contribution is 5.76. The van der Waals surface area contributed by atoms with Crippen molar-refractivity contribution in [3.05, 3.63) is 27.7 Å². The Morgan fingerprint density at radius 2 is 1.88 bits per heavy atom. The summed E-state index contributed by atoms with van der Waals surface area (Å²) < 4.78 is 1.68. The lowest BCUT2D eigenvalue weighted by Gasteiger charge is -2.44. The third-order valence-electron chi connectivity index (χ3n) is 6.08. The van der Waals surface area contributed by atoms with Crippen LogP contribution in [0.2, 0.25) is 0 Å². The summed E-state index contributed by atoms with van der Waals surface area (Å²) in [6, 6.07) is 2.16. The molecular weight excluding hydrogens is 316 g/mol. The van der Waals surface area contributed by atoms with Crippen LogP contribution in [-0.4, -0.2) is 58.2 Å². The van der Waals surface area contributed by atoms with Gasteiger partial charge in [0.25, 0.3) is 5.56 Å². The van der Waals surface area contributed by atoms with E-state index in [2.05, 4.69) is 10.00 Å². The maximum Gasteiger partial charge on any atom is 0.267 e. The number of rotatable bonds is 4. The molecule has 2 saturated heterocycles. The molecule has 6 nitrogen and oxygen atoms in total. The predicted octanol–water partition coefficient (Wildman–Crippen LogP) is 1.06. The van der Waals surface area contributed by atoms with Crippen LogP contribution in [0.4, 0.5) is 0 Å². The van der Waals surface area contributed by atoms with Crippen LogP contribution >= 0.6 is 0 Å². The Hall–Kier alpha value is -1.69. The van der Waals surface area contributed by atoms with Crippen LogP contribution in [-0.2, 0) is 24.2 Å². The van der Waals surface area contributed by atoms with Crippen molar-refractivity contribution in [2.45, 2.75) is 57.5 Å². The maximum atomic E-state index is 12.3. The van der Waals surface area contributed by atoms with E-state index in [0.717, 1.165) is 63.1 Å². The monoisotopic (exact) mass is 344 g/mol. The molecule has 25 heavy (non-hydrogen) atoms. The Morgan fingerprint density at radius 1 is 1.08 bits per heavy atom. The molecule has 0 radical (unpaired) electrons. The molecule has 0 spiro atoms. The molecule has 1 aliphatic carbocycles. The van der Waals surface area contributed by atoms with Gasteiger partial charge in [-0.25, -0.2) is 4.68 Å². The second-order valence-corrected chi connectivity index (χ2v) is 7.98. The van der Waals surface area contributed by atoms with Crippen LogP contribution in [0, 0.1) is 5.92 Å². The maximum absolute atomic E-state index is 12.3. The molecule has 3 aliphatic rings. The lowest BCUT2D eigenvalue weighted by molar-refractivity contribution is -0.135. The summed E-state index contributed by atoms with van der Waals surface area (Å²) >= 11 is 0. The van der Waals surface area contributed by atoms with Crippen LogP contribution in [0.3, 0.4) is 0 Å². The SMILES string of the molecule is CN1C(=O)CCCC1CN1CC(Cn2nc3c(cc2=O)CCCC3)C1. The fourth-order valence-electron chi connectivity index (χ4n) is 4.49. The van der Waals surface area contributed by atoms with Gasteiger partial charge in [0.2, 0.25) is 5.91 Å². The first-order valence-electron chi connectivity index (χ1n) is 9.68. The summed E-state index contributed by atoms with van der Waals surface area (Å²) in [5.74, 6) is 0.773. The summed E-state index contributed by atoms with van der Waals surface area (Å²) in [4.78, 5) is 28.4. The minimum atomic E-state index is 0.0525. The first-order chi connectivity index (χ1) is 12.1. The van der Waals surface area contributed by atoms with Gasteiger partial charge in [0.15, 0.2) is 0 Å². The lowest BCUT2D eigenvalue weighted by Crippen LogP contribution is -2.55. The Labute approximate surface area is 148 Å². The highest BCUT2D eigenvalue weighted by atomic mass is 16.2. The summed E-state index contributed by atoms with van der Waals surface area (Å²) in [7, 11) is 1.93. The fourth-order valence-corrected chi connectivity index (χ4v) is 4.49. The predicted molar refractivity (Wildman–Crippen MR) is 95.5 cm³/mol. The van der Waals surface area contributed by atoms with Crippen molar-refractivity contribution < 1.29 is 4.79 Å². The zero-order valence-electron chi connectivity index (χ0n) is 15.1. The van der Waals surface area contributed by atoms with E-state index in [0.29, 0.717) is 18.4 Å². The third kappa shape index (κ3) is 3.50. The first-order valence-corrected chi connectivity index (χ1v) is 9.68. The van der Waals surface area contributed by atoms with E-state index in [9.17, 15) is 9.59 Å². The normalized spacial score (nSPS) is 24.9. The molecule has 6 heteroatoms. The molecule has 3 heterocycles. The van der Waals surface area contributed by atoms with Crippen LogP contribution in [0.5, 0.6) is 0 Å². The Morgan fingerprint density at radius 3 is 2.72 bits per heavy atom. The second kappa shape index (κ2) is 6.90. The Kier molecular flexibility index (Phi) is 4.63. The van der Waals surface area contributed by atoms with Crippen molar-refractivity contribution in [1.82, 2.24) is 19.6 Å². The average Bonchev–Trinajstić information content (AvgIpc) is 2.57. The molecule has 4 rings (SSSR count). The largest absolute Gasteiger partial charge is 0.341 e. The number of piperidine rings is 1. The minimum Gasteiger partial charge on any atom is -0.341 e. The average molecular weight is 344 g/mol. The molecule has 1 amide bonds. The van der Waals surface area contributed by atoms with Crippen LogP contribution in [0.15, 0.2) is 10.9 Å². The summed E-state index contributed by atoms with van der Waals surface area (Å²) in [5, 5.41) is 4.63. The zero-order valence-corrected chi connectivity index (χ0v) is 15.1. The number of hydrogen-bond donors (Lipinski definition) is 0. The van der Waals surface area contributed by atoms with E-state index < -0.39 is 0 Å². The fraction of sp³-hybridized carbons (Fsp3) is 0.737. The van der Waals surface area contributed by atoms with Crippen molar-refractivity contribution in [2.24, 2.45) is 5.92 Å². The quantitative estimate of drug-likeness (QED) is 0.820. The number of carbonyl (C=O) groups excluding carboxylic acids is 1. The Bertz CT molecular complexity index is 708. The molecule has 2 fully saturated rings. The molecule has 1 atom stereocenters. The van der Waals surface area contributed by atoms with Crippen molar-refractivity contribution in [3.63, 3.8) is 0 Å². The van der Waals surface area contributed by atoms with Crippen molar-refractivity contribution >= 4 is 5.91 Å². The number of likely N-dealkylation sites (N-methyl/N-ethyl adjacent to an activating group) is 1. The molecule has 2 aliphatic heterocycles. The summed E-state index contributed by atoms with van der Waals surface area (Å²) in [6.07, 6.45) is 7.19. The van der Waals surface area contributed by atoms with Crippen molar-refractivity contribution in [2.75, 3.05) is 26.7 Å². The third-order valence-corrected chi connectivity index (χ3v) is 6.08. The van der Waals surface area contributed by atoms with Gasteiger partial charge in [-0.05, 0) is 44.1 Å². The zero-order chi connectivity index (χ0) is 17.4. The van der Waals surface area contributed by atoms with Crippen molar-refractivity contribution in [1.29, 1.82) is 0 Å². The van der Waals surface area contributed by atoms with Gasteiger partial charge in [-0.1, -0.05) is 0 Å². The van der Waals surface area contributed by atoms with E-state index in [-0.39, 0.29) is 11.5 Å². The van der Waals surface area contributed by atoms with E-state index in [1.807, 2.05) is 11.9 Å². The minimum absolute atomic E-state index is 0.0525. The highest BCUT2D eigenvalue weighted by Crippen LogP contribution is 2.23. The number of likely N-dealkylation sites (tertiary alicyclic amines) is 2. The number of carbonyl (C=O) groups is 1. The molecule has 0 N–H and O–H groups in total. The van der Waals surface area contributed by atoms with Crippen LogP contribution in [0.25, 0.3) is 0 Å². The second-order valence-electron chi connectivity index (χ2n) is 7.98. The van der Waals surface area contributed by atoms with Gasteiger partial charge in [-0.3, -0.25) is 9.59 Å². The molecule has 0 aromatic carbocycles. The molecule has 0 saturated carbocycles. The standard InChI is InChI=1S/C19H28N4O2/c1-21-16(6-4-8-18(21)24)13-22-10-14(11-22)12-23-19(25)9-15-5-2-3-7-17(15)20-23/h9,14,16H,2-8,10-13H2,1H3. The Balaban J connectivity index is 1.31. The van der Waals surface area contributed by atoms with Crippen LogP contribution < -0.4 is 5.56 Å². The van der Waals surface area contributed by atoms with E-state index in [4.69, 9.17) is 0 Å². The van der Waals surface area contributed by atoms with E-state index >= 15 is 0 Å². The molecule has 1 aromatic rings. The van der Waals surface area contributed by atoms with E-state index in [1.165, 1.54) is 12.8 Å². The smallest absolute Gasteiger partial charge is 0.267 e. The summed E-state index contributed by atoms with van der Waals surface area (Å²) in [6.45, 7) is 3.70. The molecule has 0 bridgehead atoms.